The quantitative estimate of drug-likeness (QED) is 0.364. The number of carbonyl (C=O) groups excluding carboxylic acids is 2. The second kappa shape index (κ2) is 11.0. The third-order valence-corrected chi connectivity index (χ3v) is 4.83. The fourth-order valence-corrected chi connectivity index (χ4v) is 2.93. The van der Waals surface area contributed by atoms with Crippen LogP contribution in [0.1, 0.15) is 35.3 Å². The molecule has 1 N–H and O–H groups in total. The molecule has 9 nitrogen and oxygen atoms in total. The highest BCUT2D eigenvalue weighted by atomic mass is 16.5. The van der Waals surface area contributed by atoms with Crippen LogP contribution in [0, 0.1) is 13.8 Å². The molecule has 0 radical (unpaired) electrons. The van der Waals surface area contributed by atoms with E-state index in [1.165, 1.54) is 26.4 Å². The van der Waals surface area contributed by atoms with Gasteiger partial charge in [-0.3, -0.25) is 4.79 Å². The second-order valence-electron chi connectivity index (χ2n) is 7.21. The molecule has 3 aromatic rings. The van der Waals surface area contributed by atoms with Gasteiger partial charge >= 0.3 is 5.97 Å². The Morgan fingerprint density at radius 3 is 2.70 bits per heavy atom. The van der Waals surface area contributed by atoms with Gasteiger partial charge in [-0.2, -0.15) is 0 Å². The van der Waals surface area contributed by atoms with Crippen molar-refractivity contribution in [3.8, 4) is 11.5 Å². The van der Waals surface area contributed by atoms with Gasteiger partial charge in [0.15, 0.2) is 17.6 Å². The Kier molecular flexibility index (Phi) is 7.91. The minimum Gasteiger partial charge on any atom is -0.493 e. The van der Waals surface area contributed by atoms with Gasteiger partial charge in [0.2, 0.25) is 0 Å². The maximum Gasteiger partial charge on any atom is 0.331 e. The molecule has 0 bridgehead atoms. The summed E-state index contributed by atoms with van der Waals surface area (Å²) in [6.45, 7) is 5.68. The predicted octanol–water partition coefficient (Wildman–Crippen LogP) is 3.73. The lowest BCUT2D eigenvalue weighted by molar-refractivity contribution is -0.150. The van der Waals surface area contributed by atoms with Crippen molar-refractivity contribution >= 4 is 18.0 Å². The van der Waals surface area contributed by atoms with E-state index >= 15 is 0 Å². The molecule has 0 aliphatic rings. The first kappa shape index (κ1) is 23.6. The van der Waals surface area contributed by atoms with E-state index in [9.17, 15) is 9.59 Å². The Hall–Kier alpha value is -4.01. The van der Waals surface area contributed by atoms with Crippen LogP contribution < -0.4 is 14.8 Å². The van der Waals surface area contributed by atoms with E-state index in [4.69, 9.17) is 23.2 Å². The number of aryl methyl sites for hydroxylation is 2. The van der Waals surface area contributed by atoms with Gasteiger partial charge in [-0.05, 0) is 56.7 Å². The van der Waals surface area contributed by atoms with Gasteiger partial charge in [0, 0.05) is 6.08 Å². The van der Waals surface area contributed by atoms with Crippen molar-refractivity contribution in [3.05, 3.63) is 71.0 Å². The van der Waals surface area contributed by atoms with Gasteiger partial charge in [-0.25, -0.2) is 4.79 Å². The fourth-order valence-electron chi connectivity index (χ4n) is 2.93. The number of aromatic nitrogens is 1. The zero-order valence-corrected chi connectivity index (χ0v) is 18.9. The first-order chi connectivity index (χ1) is 15.9. The number of carbonyl (C=O) groups is 2. The average molecular weight is 454 g/mol. The van der Waals surface area contributed by atoms with Crippen molar-refractivity contribution in [3.63, 3.8) is 0 Å². The summed E-state index contributed by atoms with van der Waals surface area (Å²) in [5, 5.41) is 6.55. The molecule has 174 valence electrons. The molecule has 0 saturated heterocycles. The number of nitrogens with zero attached hydrogens (tertiary/aromatic N) is 1. The van der Waals surface area contributed by atoms with Gasteiger partial charge in [-0.15, -0.1) is 0 Å². The highest BCUT2D eigenvalue weighted by Gasteiger charge is 2.17. The smallest absolute Gasteiger partial charge is 0.331 e. The molecule has 1 amide bonds. The van der Waals surface area contributed by atoms with E-state index in [2.05, 4.69) is 10.5 Å². The van der Waals surface area contributed by atoms with Crippen LogP contribution in [0.2, 0.25) is 0 Å². The molecule has 2 aromatic heterocycles. The van der Waals surface area contributed by atoms with E-state index in [-0.39, 0.29) is 6.54 Å². The lowest BCUT2D eigenvalue weighted by Gasteiger charge is -2.12. The molecular weight excluding hydrogens is 428 g/mol. The number of benzene rings is 1. The van der Waals surface area contributed by atoms with Crippen molar-refractivity contribution in [2.24, 2.45) is 0 Å². The fraction of sp³-hybridized carbons (Fsp3) is 0.292. The maximum atomic E-state index is 12.1. The zero-order valence-electron chi connectivity index (χ0n) is 18.9. The molecule has 1 aromatic carbocycles. The molecule has 0 aliphatic carbocycles. The van der Waals surface area contributed by atoms with Crippen molar-refractivity contribution in [1.29, 1.82) is 0 Å². The zero-order chi connectivity index (χ0) is 23.8. The Balaban J connectivity index is 1.54. The highest BCUT2D eigenvalue weighted by molar-refractivity contribution is 5.90. The Morgan fingerprint density at radius 1 is 1.21 bits per heavy atom. The Morgan fingerprint density at radius 2 is 2.03 bits per heavy atom. The summed E-state index contributed by atoms with van der Waals surface area (Å²) in [5.41, 5.74) is 2.35. The van der Waals surface area contributed by atoms with Crippen molar-refractivity contribution < 1.29 is 32.7 Å². The second-order valence-corrected chi connectivity index (χ2v) is 7.21. The van der Waals surface area contributed by atoms with Gasteiger partial charge in [-0.1, -0.05) is 11.2 Å². The number of furan rings is 1. The van der Waals surface area contributed by atoms with Gasteiger partial charge in [0.25, 0.3) is 5.91 Å². The number of amides is 1. The first-order valence-corrected chi connectivity index (χ1v) is 10.3. The topological polar surface area (TPSA) is 113 Å². The van der Waals surface area contributed by atoms with E-state index in [1.54, 1.807) is 36.4 Å². The Bertz CT molecular complexity index is 1100. The molecule has 9 heteroatoms. The SMILES string of the molecule is COc1cc(/C=C/C(=O)OC(C)C(=O)NCc2ccco2)ccc1OCc1c(C)noc1C. The van der Waals surface area contributed by atoms with Crippen LogP contribution in [0.5, 0.6) is 11.5 Å². The number of hydrogen-bond acceptors (Lipinski definition) is 8. The molecule has 33 heavy (non-hydrogen) atoms. The number of nitrogens with one attached hydrogen (secondary N) is 1. The van der Waals surface area contributed by atoms with E-state index in [0.29, 0.717) is 35.2 Å². The lowest BCUT2D eigenvalue weighted by Crippen LogP contribution is -2.35. The summed E-state index contributed by atoms with van der Waals surface area (Å²) in [4.78, 5) is 24.2. The summed E-state index contributed by atoms with van der Waals surface area (Å²) in [5.74, 6) is 1.29. The molecule has 0 spiro atoms. The normalized spacial score (nSPS) is 11.9. The maximum absolute atomic E-state index is 12.1. The minimum atomic E-state index is -0.952. The summed E-state index contributed by atoms with van der Waals surface area (Å²) < 4.78 is 26.7. The van der Waals surface area contributed by atoms with Gasteiger partial charge < -0.3 is 28.5 Å². The molecule has 0 fully saturated rings. The first-order valence-electron chi connectivity index (χ1n) is 10.3. The summed E-state index contributed by atoms with van der Waals surface area (Å²) in [6.07, 6.45) is 3.38. The summed E-state index contributed by atoms with van der Waals surface area (Å²) in [6, 6.07) is 8.70. The third kappa shape index (κ3) is 6.49. The van der Waals surface area contributed by atoms with Crippen LogP contribution in [0.25, 0.3) is 6.08 Å². The average Bonchev–Trinajstić information content (AvgIpc) is 3.44. The summed E-state index contributed by atoms with van der Waals surface area (Å²) in [7, 11) is 1.53. The molecular formula is C24H26N2O7. The third-order valence-electron chi connectivity index (χ3n) is 4.83. The number of rotatable bonds is 10. The highest BCUT2D eigenvalue weighted by Crippen LogP contribution is 2.30. The number of esters is 1. The lowest BCUT2D eigenvalue weighted by atomic mass is 10.2. The van der Waals surface area contributed by atoms with Crippen LogP contribution in [0.4, 0.5) is 0 Å². The minimum absolute atomic E-state index is 0.216. The van der Waals surface area contributed by atoms with Crippen LogP contribution in [-0.4, -0.2) is 30.2 Å². The number of hydrogen-bond donors (Lipinski definition) is 1. The van der Waals surface area contributed by atoms with Gasteiger partial charge in [0.1, 0.15) is 18.1 Å². The van der Waals surface area contributed by atoms with Crippen LogP contribution in [0.3, 0.4) is 0 Å². The van der Waals surface area contributed by atoms with Crippen LogP contribution >= 0.6 is 0 Å². The largest absolute Gasteiger partial charge is 0.493 e. The molecule has 3 rings (SSSR count). The van der Waals surface area contributed by atoms with Crippen LogP contribution in [0.15, 0.2) is 51.6 Å². The van der Waals surface area contributed by atoms with Crippen molar-refractivity contribution in [2.75, 3.05) is 7.11 Å². The monoisotopic (exact) mass is 454 g/mol. The van der Waals surface area contributed by atoms with Gasteiger partial charge in [0.05, 0.1) is 31.2 Å². The van der Waals surface area contributed by atoms with E-state index in [0.717, 1.165) is 11.3 Å². The van der Waals surface area contributed by atoms with Crippen molar-refractivity contribution in [2.45, 2.75) is 40.0 Å². The van der Waals surface area contributed by atoms with E-state index < -0.39 is 18.0 Å². The van der Waals surface area contributed by atoms with Crippen molar-refractivity contribution in [1.82, 2.24) is 10.5 Å². The van der Waals surface area contributed by atoms with E-state index in [1.807, 2.05) is 13.8 Å². The summed E-state index contributed by atoms with van der Waals surface area (Å²) >= 11 is 0. The molecule has 2 heterocycles. The Labute approximate surface area is 191 Å². The molecule has 1 unspecified atom stereocenters. The molecule has 0 aliphatic heterocycles. The number of ether oxygens (including phenoxy) is 3. The van der Waals surface area contributed by atoms with Crippen LogP contribution in [-0.2, 0) is 27.5 Å². The standard InChI is InChI=1S/C24H26N2O7/c1-15-20(16(2)33-26-15)14-31-21-9-7-18(12-22(21)29-4)8-10-23(27)32-17(3)24(28)25-13-19-6-5-11-30-19/h5-12,17H,13-14H2,1-4H3,(H,25,28)/b10-8+. The number of methoxy groups -OCH3 is 1. The predicted molar refractivity (Wildman–Crippen MR) is 118 cm³/mol. The molecule has 1 atom stereocenters. The molecule has 0 saturated carbocycles.